The van der Waals surface area contributed by atoms with Gasteiger partial charge in [-0.1, -0.05) is 6.07 Å². The summed E-state index contributed by atoms with van der Waals surface area (Å²) in [5, 5.41) is 0. The Balaban J connectivity index is 1.79. The molecule has 0 bridgehead atoms. The summed E-state index contributed by atoms with van der Waals surface area (Å²) < 4.78 is 20.7. The van der Waals surface area contributed by atoms with E-state index in [0.717, 1.165) is 11.3 Å². The number of benzene rings is 1. The van der Waals surface area contributed by atoms with Crippen LogP contribution in [0.15, 0.2) is 48.8 Å². The highest BCUT2D eigenvalue weighted by Crippen LogP contribution is 2.20. The van der Waals surface area contributed by atoms with Gasteiger partial charge in [0.15, 0.2) is 0 Å². The predicted molar refractivity (Wildman–Crippen MR) is 73.8 cm³/mol. The fraction of sp³-hybridized carbons (Fsp3) is 0.133. The van der Waals surface area contributed by atoms with Crippen molar-refractivity contribution in [2.45, 2.75) is 13.2 Å². The number of pyridine rings is 1. The molecule has 0 saturated heterocycles. The van der Waals surface area contributed by atoms with E-state index in [1.165, 1.54) is 12.1 Å². The molecule has 0 amide bonds. The lowest BCUT2D eigenvalue weighted by atomic mass is 10.2. The fourth-order valence-corrected chi connectivity index (χ4v) is 2.06. The predicted octanol–water partition coefficient (Wildman–Crippen LogP) is 2.51. The van der Waals surface area contributed by atoms with Crippen molar-refractivity contribution in [3.8, 4) is 5.75 Å². The van der Waals surface area contributed by atoms with Gasteiger partial charge < -0.3 is 14.9 Å². The molecule has 0 aliphatic carbocycles. The maximum atomic E-state index is 13.1. The quantitative estimate of drug-likeness (QED) is 0.793. The van der Waals surface area contributed by atoms with E-state index in [2.05, 4.69) is 4.98 Å². The summed E-state index contributed by atoms with van der Waals surface area (Å²) >= 11 is 0. The molecule has 0 atom stereocenters. The second kappa shape index (κ2) is 5.30. The molecule has 0 fully saturated rings. The SMILES string of the molecule is NCc1cc(F)ccc1OCc1cn2ccccc2n1. The van der Waals surface area contributed by atoms with Gasteiger partial charge in [-0.3, -0.25) is 0 Å². The van der Waals surface area contributed by atoms with Crippen molar-refractivity contribution in [1.82, 2.24) is 9.38 Å². The van der Waals surface area contributed by atoms with Gasteiger partial charge in [0.1, 0.15) is 23.8 Å². The van der Waals surface area contributed by atoms with E-state index in [0.29, 0.717) is 17.9 Å². The van der Waals surface area contributed by atoms with Crippen molar-refractivity contribution < 1.29 is 9.13 Å². The van der Waals surface area contributed by atoms with Gasteiger partial charge in [0.05, 0.1) is 5.69 Å². The zero-order valence-corrected chi connectivity index (χ0v) is 10.8. The Labute approximate surface area is 115 Å². The maximum Gasteiger partial charge on any atom is 0.137 e. The lowest BCUT2D eigenvalue weighted by Gasteiger charge is -2.09. The molecular formula is C15H14FN3O. The van der Waals surface area contributed by atoms with Crippen LogP contribution in [0.3, 0.4) is 0 Å². The van der Waals surface area contributed by atoms with Crippen molar-refractivity contribution in [1.29, 1.82) is 0 Å². The van der Waals surface area contributed by atoms with Crippen LogP contribution >= 0.6 is 0 Å². The third-order valence-corrected chi connectivity index (χ3v) is 3.03. The number of imidazole rings is 1. The molecule has 4 nitrogen and oxygen atoms in total. The Morgan fingerprint density at radius 3 is 2.95 bits per heavy atom. The molecule has 20 heavy (non-hydrogen) atoms. The molecule has 1 aromatic carbocycles. The summed E-state index contributed by atoms with van der Waals surface area (Å²) in [5.74, 6) is 0.275. The smallest absolute Gasteiger partial charge is 0.137 e. The molecule has 0 radical (unpaired) electrons. The highest BCUT2D eigenvalue weighted by molar-refractivity contribution is 5.39. The first-order chi connectivity index (χ1) is 9.76. The van der Waals surface area contributed by atoms with Gasteiger partial charge in [0.2, 0.25) is 0 Å². The minimum Gasteiger partial charge on any atom is -0.487 e. The van der Waals surface area contributed by atoms with E-state index in [4.69, 9.17) is 10.5 Å². The number of aromatic nitrogens is 2. The molecule has 0 saturated carbocycles. The van der Waals surface area contributed by atoms with Crippen LogP contribution in [0.25, 0.3) is 5.65 Å². The number of ether oxygens (including phenoxy) is 1. The van der Waals surface area contributed by atoms with E-state index in [-0.39, 0.29) is 12.4 Å². The van der Waals surface area contributed by atoms with E-state index < -0.39 is 0 Å². The molecule has 0 aliphatic rings. The van der Waals surface area contributed by atoms with Crippen molar-refractivity contribution in [3.05, 3.63) is 65.9 Å². The van der Waals surface area contributed by atoms with E-state index in [9.17, 15) is 4.39 Å². The largest absolute Gasteiger partial charge is 0.487 e. The second-order valence-corrected chi connectivity index (χ2v) is 4.44. The van der Waals surface area contributed by atoms with E-state index in [1.54, 1.807) is 6.07 Å². The molecule has 2 N–H and O–H groups in total. The lowest BCUT2D eigenvalue weighted by molar-refractivity contribution is 0.298. The highest BCUT2D eigenvalue weighted by atomic mass is 19.1. The minimum atomic E-state index is -0.314. The number of nitrogens with two attached hydrogens (primary N) is 1. The molecule has 5 heteroatoms. The van der Waals surface area contributed by atoms with Gasteiger partial charge >= 0.3 is 0 Å². The standard InChI is InChI=1S/C15H14FN3O/c16-12-4-5-14(11(7-12)8-17)20-10-13-9-19-6-2-1-3-15(19)18-13/h1-7,9H,8,10,17H2. The monoisotopic (exact) mass is 271 g/mol. The van der Waals surface area contributed by atoms with Crippen LogP contribution in [-0.2, 0) is 13.2 Å². The van der Waals surface area contributed by atoms with Gasteiger partial charge in [-0.05, 0) is 30.3 Å². The Hall–Kier alpha value is -2.40. The first-order valence-corrected chi connectivity index (χ1v) is 6.30. The van der Waals surface area contributed by atoms with Crippen LogP contribution in [0, 0.1) is 5.82 Å². The normalized spacial score (nSPS) is 10.9. The first kappa shape index (κ1) is 12.6. The molecule has 102 valence electrons. The molecule has 2 heterocycles. The summed E-state index contributed by atoms with van der Waals surface area (Å²) in [6.45, 7) is 0.554. The number of hydrogen-bond donors (Lipinski definition) is 1. The third kappa shape index (κ3) is 2.48. The fourth-order valence-electron chi connectivity index (χ4n) is 2.06. The number of halogens is 1. The topological polar surface area (TPSA) is 52.5 Å². The molecule has 3 aromatic rings. The van der Waals surface area contributed by atoms with Gasteiger partial charge in [-0.15, -0.1) is 0 Å². The summed E-state index contributed by atoms with van der Waals surface area (Å²) in [5.41, 5.74) is 7.90. The van der Waals surface area contributed by atoms with Crippen LogP contribution in [0.4, 0.5) is 4.39 Å². The van der Waals surface area contributed by atoms with Crippen LogP contribution in [0.2, 0.25) is 0 Å². The zero-order valence-electron chi connectivity index (χ0n) is 10.8. The summed E-state index contributed by atoms with van der Waals surface area (Å²) in [6, 6.07) is 10.1. The van der Waals surface area contributed by atoms with Gasteiger partial charge in [-0.2, -0.15) is 0 Å². The lowest BCUT2D eigenvalue weighted by Crippen LogP contribution is -2.03. The van der Waals surface area contributed by atoms with E-state index in [1.807, 2.05) is 35.0 Å². The molecule has 3 rings (SSSR count). The Morgan fingerprint density at radius 2 is 2.15 bits per heavy atom. The third-order valence-electron chi connectivity index (χ3n) is 3.03. The van der Waals surface area contributed by atoms with Crippen molar-refractivity contribution in [3.63, 3.8) is 0 Å². The number of nitrogens with zero attached hydrogens (tertiary/aromatic N) is 2. The minimum absolute atomic E-state index is 0.234. The number of rotatable bonds is 4. The summed E-state index contributed by atoms with van der Waals surface area (Å²) in [4.78, 5) is 4.43. The zero-order chi connectivity index (χ0) is 13.9. The molecule has 0 unspecified atom stereocenters. The number of hydrogen-bond acceptors (Lipinski definition) is 3. The molecule has 2 aromatic heterocycles. The summed E-state index contributed by atoms with van der Waals surface area (Å²) in [6.07, 6.45) is 3.83. The van der Waals surface area contributed by atoms with Gasteiger partial charge in [-0.25, -0.2) is 9.37 Å². The maximum absolute atomic E-state index is 13.1. The van der Waals surface area contributed by atoms with Crippen LogP contribution in [0.1, 0.15) is 11.3 Å². The van der Waals surface area contributed by atoms with Gasteiger partial charge in [0.25, 0.3) is 0 Å². The molecule has 0 spiro atoms. The Kier molecular flexibility index (Phi) is 3.35. The van der Waals surface area contributed by atoms with Crippen LogP contribution in [-0.4, -0.2) is 9.38 Å². The summed E-state index contributed by atoms with van der Waals surface area (Å²) in [7, 11) is 0. The highest BCUT2D eigenvalue weighted by Gasteiger charge is 2.06. The molecule has 0 aliphatic heterocycles. The average Bonchev–Trinajstić information content (AvgIpc) is 2.88. The Bertz CT molecular complexity index is 706. The average molecular weight is 271 g/mol. The molecular weight excluding hydrogens is 257 g/mol. The second-order valence-electron chi connectivity index (χ2n) is 4.44. The van der Waals surface area contributed by atoms with Gasteiger partial charge in [0, 0.05) is 24.5 Å². The number of fused-ring (bicyclic) bond motifs is 1. The van der Waals surface area contributed by atoms with Crippen LogP contribution in [0.5, 0.6) is 5.75 Å². The van der Waals surface area contributed by atoms with Crippen LogP contribution < -0.4 is 10.5 Å². The van der Waals surface area contributed by atoms with Crippen molar-refractivity contribution in [2.24, 2.45) is 5.73 Å². The van der Waals surface area contributed by atoms with E-state index >= 15 is 0 Å². The first-order valence-electron chi connectivity index (χ1n) is 6.30. The van der Waals surface area contributed by atoms with Crippen molar-refractivity contribution >= 4 is 5.65 Å². The van der Waals surface area contributed by atoms with Crippen molar-refractivity contribution in [2.75, 3.05) is 0 Å². The Morgan fingerprint density at radius 1 is 1.25 bits per heavy atom.